The number of methoxy groups -OCH3 is 1. The molecule has 0 aromatic heterocycles. The summed E-state index contributed by atoms with van der Waals surface area (Å²) in [7, 11) is 1.56. The number of carboxylic acid groups (broad SMARTS) is 1. The van der Waals surface area contributed by atoms with Crippen molar-refractivity contribution in [3.63, 3.8) is 0 Å². The molecule has 110 valence electrons. The number of urea groups is 1. The van der Waals surface area contributed by atoms with Crippen molar-refractivity contribution >= 4 is 12.0 Å². The highest BCUT2D eigenvalue weighted by atomic mass is 16.5. The number of nitrogens with one attached hydrogen (secondary N) is 2. The van der Waals surface area contributed by atoms with Gasteiger partial charge in [-0.3, -0.25) is 0 Å². The van der Waals surface area contributed by atoms with E-state index in [2.05, 4.69) is 10.6 Å². The summed E-state index contributed by atoms with van der Waals surface area (Å²) in [4.78, 5) is 22.6. The lowest BCUT2D eigenvalue weighted by molar-refractivity contribution is -0.142. The van der Waals surface area contributed by atoms with Crippen LogP contribution in [0.4, 0.5) is 4.79 Å². The topological polar surface area (TPSA) is 87.7 Å². The SMILES string of the molecule is COc1ccc(C)cc1CNC(=O)NC(C)(C)C(=O)O. The Labute approximate surface area is 118 Å². The van der Waals surface area contributed by atoms with Crippen molar-refractivity contribution in [3.05, 3.63) is 29.3 Å². The second-order valence-electron chi connectivity index (χ2n) is 5.05. The third-order valence-corrected chi connectivity index (χ3v) is 2.84. The molecule has 1 aromatic carbocycles. The Kier molecular flexibility index (Phi) is 4.96. The summed E-state index contributed by atoms with van der Waals surface area (Å²) in [5.74, 6) is -0.422. The van der Waals surface area contributed by atoms with Gasteiger partial charge in [0.15, 0.2) is 0 Å². The van der Waals surface area contributed by atoms with Gasteiger partial charge in [0.2, 0.25) is 0 Å². The van der Waals surface area contributed by atoms with Crippen LogP contribution in [0.25, 0.3) is 0 Å². The molecule has 0 atom stereocenters. The van der Waals surface area contributed by atoms with E-state index in [1.54, 1.807) is 7.11 Å². The molecule has 3 N–H and O–H groups in total. The van der Waals surface area contributed by atoms with E-state index in [-0.39, 0.29) is 6.54 Å². The number of carbonyl (C=O) groups is 2. The van der Waals surface area contributed by atoms with Crippen LogP contribution in [0, 0.1) is 6.92 Å². The Morgan fingerprint density at radius 1 is 1.35 bits per heavy atom. The predicted molar refractivity (Wildman–Crippen MR) is 74.8 cm³/mol. The van der Waals surface area contributed by atoms with E-state index in [1.165, 1.54) is 13.8 Å². The molecule has 0 unspecified atom stereocenters. The second kappa shape index (κ2) is 6.27. The summed E-state index contributed by atoms with van der Waals surface area (Å²) in [6, 6.07) is 5.10. The van der Waals surface area contributed by atoms with Crippen molar-refractivity contribution in [3.8, 4) is 5.75 Å². The summed E-state index contributed by atoms with van der Waals surface area (Å²) < 4.78 is 5.21. The zero-order chi connectivity index (χ0) is 15.3. The van der Waals surface area contributed by atoms with Crippen molar-refractivity contribution in [1.82, 2.24) is 10.6 Å². The van der Waals surface area contributed by atoms with Crippen LogP contribution >= 0.6 is 0 Å². The molecule has 0 aliphatic rings. The van der Waals surface area contributed by atoms with Crippen molar-refractivity contribution < 1.29 is 19.4 Å². The van der Waals surface area contributed by atoms with Gasteiger partial charge in [0.25, 0.3) is 0 Å². The first-order valence-electron chi connectivity index (χ1n) is 6.19. The van der Waals surface area contributed by atoms with Gasteiger partial charge in [0.05, 0.1) is 7.11 Å². The highest BCUT2D eigenvalue weighted by Crippen LogP contribution is 2.19. The lowest BCUT2D eigenvalue weighted by Gasteiger charge is -2.21. The van der Waals surface area contributed by atoms with Gasteiger partial charge in [0, 0.05) is 12.1 Å². The standard InChI is InChI=1S/C14H20N2O4/c1-9-5-6-11(20-4)10(7-9)8-15-13(19)16-14(2,3)12(17)18/h5-7H,8H2,1-4H3,(H,17,18)(H2,15,16,19). The number of carbonyl (C=O) groups excluding carboxylic acids is 1. The van der Waals surface area contributed by atoms with E-state index in [1.807, 2.05) is 25.1 Å². The summed E-state index contributed by atoms with van der Waals surface area (Å²) in [5.41, 5.74) is 0.561. The number of aryl methyl sites for hydroxylation is 1. The number of hydrogen-bond donors (Lipinski definition) is 3. The quantitative estimate of drug-likeness (QED) is 0.765. The van der Waals surface area contributed by atoms with E-state index < -0.39 is 17.5 Å². The number of aliphatic carboxylic acids is 1. The van der Waals surface area contributed by atoms with Gasteiger partial charge in [-0.05, 0) is 26.8 Å². The van der Waals surface area contributed by atoms with Crippen LogP contribution in [0.5, 0.6) is 5.75 Å². The second-order valence-corrected chi connectivity index (χ2v) is 5.05. The van der Waals surface area contributed by atoms with E-state index in [9.17, 15) is 9.59 Å². The van der Waals surface area contributed by atoms with Gasteiger partial charge in [-0.1, -0.05) is 17.7 Å². The van der Waals surface area contributed by atoms with E-state index in [4.69, 9.17) is 9.84 Å². The third kappa shape index (κ3) is 4.15. The van der Waals surface area contributed by atoms with Crippen LogP contribution in [-0.2, 0) is 11.3 Å². The van der Waals surface area contributed by atoms with Crippen LogP contribution in [-0.4, -0.2) is 29.8 Å². The number of amides is 2. The number of benzene rings is 1. The van der Waals surface area contributed by atoms with Crippen LogP contribution in [0.1, 0.15) is 25.0 Å². The maximum Gasteiger partial charge on any atom is 0.328 e. The first-order chi connectivity index (χ1) is 9.26. The molecule has 6 heteroatoms. The van der Waals surface area contributed by atoms with Crippen molar-refractivity contribution in [2.75, 3.05) is 7.11 Å². The minimum Gasteiger partial charge on any atom is -0.496 e. The lowest BCUT2D eigenvalue weighted by atomic mass is 10.1. The highest BCUT2D eigenvalue weighted by molar-refractivity contribution is 5.85. The molecule has 0 heterocycles. The van der Waals surface area contributed by atoms with Crippen LogP contribution in [0.2, 0.25) is 0 Å². The number of carboxylic acids is 1. The average Bonchev–Trinajstić information content (AvgIpc) is 2.35. The molecule has 20 heavy (non-hydrogen) atoms. The molecule has 0 saturated heterocycles. The Morgan fingerprint density at radius 2 is 2.00 bits per heavy atom. The Balaban J connectivity index is 2.66. The minimum absolute atomic E-state index is 0.256. The first-order valence-corrected chi connectivity index (χ1v) is 6.19. The van der Waals surface area contributed by atoms with Crippen LogP contribution in [0.15, 0.2) is 18.2 Å². The smallest absolute Gasteiger partial charge is 0.328 e. The molecule has 1 aromatic rings. The molecular weight excluding hydrogens is 260 g/mol. The summed E-state index contributed by atoms with van der Waals surface area (Å²) >= 11 is 0. The van der Waals surface area contributed by atoms with Crippen molar-refractivity contribution in [1.29, 1.82) is 0 Å². The Bertz CT molecular complexity index is 512. The number of rotatable bonds is 5. The van der Waals surface area contributed by atoms with Gasteiger partial charge < -0.3 is 20.5 Å². The van der Waals surface area contributed by atoms with Gasteiger partial charge >= 0.3 is 12.0 Å². The maximum atomic E-state index is 11.7. The van der Waals surface area contributed by atoms with Crippen molar-refractivity contribution in [2.45, 2.75) is 32.9 Å². The molecule has 0 spiro atoms. The monoisotopic (exact) mass is 280 g/mol. The largest absolute Gasteiger partial charge is 0.496 e. The molecule has 0 saturated carbocycles. The van der Waals surface area contributed by atoms with Gasteiger partial charge in [-0.2, -0.15) is 0 Å². The predicted octanol–water partition coefficient (Wildman–Crippen LogP) is 1.67. The number of hydrogen-bond acceptors (Lipinski definition) is 3. The molecule has 0 bridgehead atoms. The zero-order valence-electron chi connectivity index (χ0n) is 12.1. The summed E-state index contributed by atoms with van der Waals surface area (Å²) in [6.45, 7) is 5.03. The van der Waals surface area contributed by atoms with E-state index in [0.717, 1.165) is 11.1 Å². The van der Waals surface area contributed by atoms with Crippen molar-refractivity contribution in [2.24, 2.45) is 0 Å². The normalized spacial score (nSPS) is 10.8. The molecule has 2 amide bonds. The molecule has 0 aliphatic heterocycles. The van der Waals surface area contributed by atoms with Crippen LogP contribution in [0.3, 0.4) is 0 Å². The molecular formula is C14H20N2O4. The lowest BCUT2D eigenvalue weighted by Crippen LogP contribution is -2.53. The third-order valence-electron chi connectivity index (χ3n) is 2.84. The fraction of sp³-hybridized carbons (Fsp3) is 0.429. The average molecular weight is 280 g/mol. The molecule has 0 aliphatic carbocycles. The van der Waals surface area contributed by atoms with Crippen LogP contribution < -0.4 is 15.4 Å². The fourth-order valence-corrected chi connectivity index (χ4v) is 1.60. The zero-order valence-corrected chi connectivity index (χ0v) is 12.1. The number of ether oxygens (including phenoxy) is 1. The molecule has 0 fully saturated rings. The molecule has 1 rings (SSSR count). The molecule has 0 radical (unpaired) electrons. The molecule has 6 nitrogen and oxygen atoms in total. The maximum absolute atomic E-state index is 11.7. The first kappa shape index (κ1) is 15.8. The Morgan fingerprint density at radius 3 is 2.55 bits per heavy atom. The summed E-state index contributed by atoms with van der Waals surface area (Å²) in [6.07, 6.45) is 0. The van der Waals surface area contributed by atoms with E-state index in [0.29, 0.717) is 5.75 Å². The summed E-state index contributed by atoms with van der Waals surface area (Å²) in [5, 5.41) is 13.9. The van der Waals surface area contributed by atoms with Gasteiger partial charge in [-0.15, -0.1) is 0 Å². The Hall–Kier alpha value is -2.24. The van der Waals surface area contributed by atoms with Gasteiger partial charge in [0.1, 0.15) is 11.3 Å². The van der Waals surface area contributed by atoms with E-state index >= 15 is 0 Å². The minimum atomic E-state index is -1.32. The highest BCUT2D eigenvalue weighted by Gasteiger charge is 2.28. The van der Waals surface area contributed by atoms with Gasteiger partial charge in [-0.25, -0.2) is 9.59 Å². The fourth-order valence-electron chi connectivity index (χ4n) is 1.60.